The normalized spacial score (nSPS) is 10.6. The lowest BCUT2D eigenvalue weighted by Gasteiger charge is -2.06. The number of nitriles is 1. The van der Waals surface area contributed by atoms with Gasteiger partial charge in [-0.25, -0.2) is 9.59 Å². The van der Waals surface area contributed by atoms with Crippen molar-refractivity contribution in [1.29, 1.82) is 5.26 Å². The Hall–Kier alpha value is -4.12. The highest BCUT2D eigenvalue weighted by Crippen LogP contribution is 2.11. The molecule has 0 bridgehead atoms. The van der Waals surface area contributed by atoms with E-state index in [2.05, 4.69) is 10.6 Å². The van der Waals surface area contributed by atoms with Crippen LogP contribution in [0.5, 0.6) is 0 Å². The molecule has 0 fully saturated rings. The molecule has 27 heavy (non-hydrogen) atoms. The summed E-state index contributed by atoms with van der Waals surface area (Å²) in [6.45, 7) is 0.297. The Morgan fingerprint density at radius 3 is 1.93 bits per heavy atom. The maximum absolute atomic E-state index is 12.1. The maximum Gasteiger partial charge on any atom is 0.335 e. The molecule has 0 aromatic heterocycles. The van der Waals surface area contributed by atoms with Crippen molar-refractivity contribution in [2.24, 2.45) is 0 Å². The van der Waals surface area contributed by atoms with Crippen molar-refractivity contribution in [3.05, 3.63) is 77.0 Å². The highest BCUT2D eigenvalue weighted by Gasteiger charge is 2.10. The number of anilines is 1. The number of carboxylic acid groups (broad SMARTS) is 2. The van der Waals surface area contributed by atoms with E-state index in [1.807, 2.05) is 0 Å². The van der Waals surface area contributed by atoms with E-state index in [4.69, 9.17) is 15.5 Å². The van der Waals surface area contributed by atoms with Crippen LogP contribution < -0.4 is 10.6 Å². The first-order chi connectivity index (χ1) is 12.9. The molecule has 0 aliphatic heterocycles. The molecule has 8 nitrogen and oxygen atoms in total. The molecule has 0 radical (unpaired) electrons. The largest absolute Gasteiger partial charge is 0.478 e. The topological polar surface area (TPSA) is 140 Å². The molecule has 0 spiro atoms. The van der Waals surface area contributed by atoms with Crippen LogP contribution >= 0.6 is 0 Å². The van der Waals surface area contributed by atoms with E-state index >= 15 is 0 Å². The fraction of sp³-hybridized carbons (Fsp3) is 0.0526. The van der Waals surface area contributed by atoms with Crippen LogP contribution in [-0.4, -0.2) is 28.1 Å². The number of hydrogen-bond donors (Lipinski definition) is 4. The second-order valence-corrected chi connectivity index (χ2v) is 5.39. The fourth-order valence-electron chi connectivity index (χ4n) is 2.08. The van der Waals surface area contributed by atoms with Gasteiger partial charge >= 0.3 is 11.9 Å². The summed E-state index contributed by atoms with van der Waals surface area (Å²) in [5.41, 5.74) is 1.22. The van der Waals surface area contributed by atoms with Gasteiger partial charge < -0.3 is 20.8 Å². The second kappa shape index (κ2) is 8.82. The number of benzene rings is 2. The zero-order valence-corrected chi connectivity index (χ0v) is 14.0. The lowest BCUT2D eigenvalue weighted by molar-refractivity contribution is -0.112. The van der Waals surface area contributed by atoms with Gasteiger partial charge in [0.1, 0.15) is 11.6 Å². The minimum absolute atomic E-state index is 0.0830. The van der Waals surface area contributed by atoms with Gasteiger partial charge in [-0.05, 0) is 42.0 Å². The third kappa shape index (κ3) is 5.44. The summed E-state index contributed by atoms with van der Waals surface area (Å²) >= 11 is 0. The molecule has 2 aromatic carbocycles. The molecule has 0 unspecified atom stereocenters. The average molecular weight is 365 g/mol. The van der Waals surface area contributed by atoms with Crippen LogP contribution in [-0.2, 0) is 11.3 Å². The number of nitrogens with one attached hydrogen (secondary N) is 2. The smallest absolute Gasteiger partial charge is 0.335 e. The summed E-state index contributed by atoms with van der Waals surface area (Å²) in [6.07, 6.45) is 1.26. The van der Waals surface area contributed by atoms with Gasteiger partial charge in [0.2, 0.25) is 0 Å². The van der Waals surface area contributed by atoms with Crippen LogP contribution in [0.2, 0.25) is 0 Å². The molecule has 0 heterocycles. The molecular formula is C19H15N3O5. The summed E-state index contributed by atoms with van der Waals surface area (Å²) in [5.74, 6) is -2.74. The summed E-state index contributed by atoms with van der Waals surface area (Å²) in [6, 6.07) is 13.5. The number of carbonyl (C=O) groups is 3. The Morgan fingerprint density at radius 1 is 0.926 bits per heavy atom. The number of carboxylic acids is 2. The van der Waals surface area contributed by atoms with Gasteiger partial charge in [0, 0.05) is 18.4 Å². The van der Waals surface area contributed by atoms with Crippen molar-refractivity contribution in [3.63, 3.8) is 0 Å². The molecule has 0 saturated carbocycles. The van der Waals surface area contributed by atoms with E-state index in [0.29, 0.717) is 12.2 Å². The quantitative estimate of drug-likeness (QED) is 0.436. The van der Waals surface area contributed by atoms with Crippen LogP contribution in [0.4, 0.5) is 5.69 Å². The molecule has 0 aliphatic carbocycles. The van der Waals surface area contributed by atoms with E-state index in [1.165, 1.54) is 42.6 Å². The first-order valence-electron chi connectivity index (χ1n) is 7.71. The Kier molecular flexibility index (Phi) is 6.28. The van der Waals surface area contributed by atoms with E-state index in [9.17, 15) is 14.4 Å². The van der Waals surface area contributed by atoms with E-state index in [0.717, 1.165) is 5.56 Å². The molecule has 2 aromatic rings. The van der Waals surface area contributed by atoms with Crippen LogP contribution in [0.25, 0.3) is 0 Å². The number of rotatable bonds is 7. The van der Waals surface area contributed by atoms with Gasteiger partial charge in [0.25, 0.3) is 5.91 Å². The molecule has 1 amide bonds. The first kappa shape index (κ1) is 19.2. The molecule has 2 rings (SSSR count). The standard InChI is InChI=1S/C19H15N3O5/c20-9-15(11-21-10-12-1-3-13(4-2-12)18(24)25)17(23)22-16-7-5-14(6-8-16)19(26)27/h1-8,11,21H,10H2,(H,22,23)(H,24,25)(H,26,27)/b15-11-. The summed E-state index contributed by atoms with van der Waals surface area (Å²) in [7, 11) is 0. The van der Waals surface area contributed by atoms with Gasteiger partial charge in [0.15, 0.2) is 0 Å². The average Bonchev–Trinajstić information content (AvgIpc) is 2.66. The number of hydrogen-bond acceptors (Lipinski definition) is 5. The molecule has 0 saturated heterocycles. The van der Waals surface area contributed by atoms with E-state index in [-0.39, 0.29) is 16.7 Å². The van der Waals surface area contributed by atoms with Crippen molar-refractivity contribution >= 4 is 23.5 Å². The molecule has 0 aliphatic rings. The molecule has 136 valence electrons. The number of carbonyl (C=O) groups excluding carboxylic acids is 1. The van der Waals surface area contributed by atoms with Gasteiger partial charge in [-0.1, -0.05) is 12.1 Å². The SMILES string of the molecule is N#C/C(=C/NCc1ccc(C(=O)O)cc1)C(=O)Nc1ccc(C(=O)O)cc1. The summed E-state index contributed by atoms with van der Waals surface area (Å²) in [4.78, 5) is 33.7. The lowest BCUT2D eigenvalue weighted by atomic mass is 10.1. The minimum Gasteiger partial charge on any atom is -0.478 e. The summed E-state index contributed by atoms with van der Waals surface area (Å²) in [5, 5.41) is 32.1. The Balaban J connectivity index is 1.96. The molecular weight excluding hydrogens is 350 g/mol. The van der Waals surface area contributed by atoms with Crippen LogP contribution in [0.3, 0.4) is 0 Å². The fourth-order valence-corrected chi connectivity index (χ4v) is 2.08. The third-order valence-corrected chi connectivity index (χ3v) is 3.51. The van der Waals surface area contributed by atoms with Crippen LogP contribution in [0, 0.1) is 11.3 Å². The van der Waals surface area contributed by atoms with E-state index < -0.39 is 17.8 Å². The number of amides is 1. The van der Waals surface area contributed by atoms with Crippen molar-refractivity contribution < 1.29 is 24.6 Å². The second-order valence-electron chi connectivity index (χ2n) is 5.39. The zero-order chi connectivity index (χ0) is 19.8. The summed E-state index contributed by atoms with van der Waals surface area (Å²) < 4.78 is 0. The highest BCUT2D eigenvalue weighted by molar-refractivity contribution is 6.06. The first-order valence-corrected chi connectivity index (χ1v) is 7.71. The van der Waals surface area contributed by atoms with Crippen molar-refractivity contribution in [3.8, 4) is 6.07 Å². The van der Waals surface area contributed by atoms with Gasteiger partial charge in [0.05, 0.1) is 11.1 Å². The van der Waals surface area contributed by atoms with Gasteiger partial charge in [-0.3, -0.25) is 4.79 Å². The predicted molar refractivity (Wildman–Crippen MR) is 96.0 cm³/mol. The van der Waals surface area contributed by atoms with Gasteiger partial charge in [-0.2, -0.15) is 5.26 Å². The van der Waals surface area contributed by atoms with Crippen LogP contribution in [0.15, 0.2) is 60.3 Å². The Morgan fingerprint density at radius 2 is 1.44 bits per heavy atom. The highest BCUT2D eigenvalue weighted by atomic mass is 16.4. The van der Waals surface area contributed by atoms with E-state index in [1.54, 1.807) is 18.2 Å². The zero-order valence-electron chi connectivity index (χ0n) is 14.0. The molecule has 0 atom stereocenters. The van der Waals surface area contributed by atoms with Crippen LogP contribution in [0.1, 0.15) is 26.3 Å². The Labute approximate surface area is 154 Å². The lowest BCUT2D eigenvalue weighted by Crippen LogP contribution is -2.16. The van der Waals surface area contributed by atoms with Crippen molar-refractivity contribution in [2.75, 3.05) is 5.32 Å². The number of nitrogens with zero attached hydrogens (tertiary/aromatic N) is 1. The van der Waals surface area contributed by atoms with Gasteiger partial charge in [-0.15, -0.1) is 0 Å². The molecule has 4 N–H and O–H groups in total. The Bertz CT molecular complexity index is 925. The number of aromatic carboxylic acids is 2. The monoisotopic (exact) mass is 365 g/mol. The van der Waals surface area contributed by atoms with Crippen molar-refractivity contribution in [1.82, 2.24) is 5.32 Å². The predicted octanol–water partition coefficient (Wildman–Crippen LogP) is 2.22. The third-order valence-electron chi connectivity index (χ3n) is 3.51. The minimum atomic E-state index is -1.08. The molecule has 8 heteroatoms. The maximum atomic E-state index is 12.1. The van der Waals surface area contributed by atoms with Crippen molar-refractivity contribution in [2.45, 2.75) is 6.54 Å².